The highest BCUT2D eigenvalue weighted by molar-refractivity contribution is 6.36. The van der Waals surface area contributed by atoms with Crippen molar-refractivity contribution < 1.29 is 19.0 Å². The van der Waals surface area contributed by atoms with Crippen molar-refractivity contribution in [2.75, 3.05) is 4.90 Å². The van der Waals surface area contributed by atoms with Crippen LogP contribution in [-0.2, 0) is 14.3 Å². The highest BCUT2D eigenvalue weighted by Crippen LogP contribution is 2.61. The Bertz CT molecular complexity index is 893. The van der Waals surface area contributed by atoms with Gasteiger partial charge in [0.05, 0.1) is 33.7 Å². The van der Waals surface area contributed by atoms with E-state index in [0.717, 1.165) is 12.8 Å². The minimum Gasteiger partial charge on any atom is -0.367 e. The third kappa shape index (κ3) is 1.48. The Morgan fingerprint density at radius 2 is 1.67 bits per heavy atom. The monoisotopic (exact) mass is 347 g/mol. The lowest BCUT2D eigenvalue weighted by molar-refractivity contribution is -0.129. The van der Waals surface area contributed by atoms with Gasteiger partial charge in [0.15, 0.2) is 11.0 Å². The lowest BCUT2D eigenvalue weighted by Crippen LogP contribution is -2.40. The van der Waals surface area contributed by atoms with Crippen LogP contribution in [0.25, 0.3) is 11.0 Å². The van der Waals surface area contributed by atoms with Crippen LogP contribution in [0.4, 0.5) is 5.69 Å². The molecule has 0 aliphatic carbocycles. The van der Waals surface area contributed by atoms with Crippen LogP contribution in [0.15, 0.2) is 16.8 Å². The maximum absolute atomic E-state index is 13.1. The number of ether oxygens (including phenoxy) is 1. The van der Waals surface area contributed by atoms with E-state index in [0.29, 0.717) is 21.7 Å². The molecule has 0 spiro atoms. The van der Waals surface area contributed by atoms with Gasteiger partial charge in [0.25, 0.3) is 0 Å². The standard InChI is InChI=1S/C16H14ClN3O4/c1-15-5-6-16(2,23-15)10-9(15)13(21)20(14(10)22)8-4-3-7(17)11-12(8)19-24-18-11/h3-4,9-10H,5-6H2,1-2H3. The Hall–Kier alpha value is -1.99. The van der Waals surface area contributed by atoms with E-state index in [1.54, 1.807) is 12.1 Å². The average molecular weight is 348 g/mol. The first kappa shape index (κ1) is 14.4. The number of imide groups is 1. The second kappa shape index (κ2) is 4.15. The number of benzene rings is 1. The Labute approximate surface area is 141 Å². The second-order valence-electron chi connectivity index (χ2n) is 7.22. The van der Waals surface area contributed by atoms with Crippen LogP contribution in [0.5, 0.6) is 0 Å². The largest absolute Gasteiger partial charge is 0.367 e. The normalized spacial score (nSPS) is 37.7. The van der Waals surface area contributed by atoms with Gasteiger partial charge in [0.1, 0.15) is 0 Å². The van der Waals surface area contributed by atoms with E-state index in [4.69, 9.17) is 21.0 Å². The fourth-order valence-corrected chi connectivity index (χ4v) is 4.90. The molecule has 1 aromatic heterocycles. The summed E-state index contributed by atoms with van der Waals surface area (Å²) in [6, 6.07) is 3.20. The summed E-state index contributed by atoms with van der Waals surface area (Å²) in [6.45, 7) is 3.85. The number of carbonyl (C=O) groups excluding carboxylic acids is 2. The minimum atomic E-state index is -0.589. The molecule has 7 nitrogen and oxygen atoms in total. The number of hydrogen-bond acceptors (Lipinski definition) is 6. The molecule has 2 amide bonds. The number of fused-ring (bicyclic) bond motifs is 6. The molecule has 0 saturated carbocycles. The van der Waals surface area contributed by atoms with E-state index in [2.05, 4.69) is 10.3 Å². The maximum Gasteiger partial charge on any atom is 0.240 e. The molecule has 24 heavy (non-hydrogen) atoms. The van der Waals surface area contributed by atoms with Gasteiger partial charge in [-0.15, -0.1) is 0 Å². The molecule has 3 fully saturated rings. The third-order valence-corrected chi connectivity index (χ3v) is 6.10. The molecule has 5 rings (SSSR count). The molecule has 4 heterocycles. The second-order valence-corrected chi connectivity index (χ2v) is 7.63. The number of carbonyl (C=O) groups is 2. The molecule has 0 radical (unpaired) electrons. The lowest BCUT2D eigenvalue weighted by Gasteiger charge is -2.27. The fourth-order valence-electron chi connectivity index (χ4n) is 4.71. The van der Waals surface area contributed by atoms with E-state index in [-0.39, 0.29) is 11.8 Å². The van der Waals surface area contributed by atoms with E-state index in [9.17, 15) is 9.59 Å². The number of amides is 2. The van der Waals surface area contributed by atoms with E-state index < -0.39 is 23.0 Å². The zero-order chi connectivity index (χ0) is 16.9. The Balaban J connectivity index is 1.68. The zero-order valence-electron chi connectivity index (χ0n) is 13.1. The van der Waals surface area contributed by atoms with Gasteiger partial charge in [-0.25, -0.2) is 9.53 Å². The molecule has 3 aliphatic rings. The van der Waals surface area contributed by atoms with Crippen LogP contribution >= 0.6 is 11.6 Å². The average Bonchev–Trinajstić information content (AvgIpc) is 3.23. The summed E-state index contributed by atoms with van der Waals surface area (Å²) in [5.74, 6) is -1.42. The summed E-state index contributed by atoms with van der Waals surface area (Å²) >= 11 is 6.08. The summed E-state index contributed by atoms with van der Waals surface area (Å²) in [6.07, 6.45) is 1.55. The summed E-state index contributed by atoms with van der Waals surface area (Å²) < 4.78 is 10.8. The van der Waals surface area contributed by atoms with Crippen molar-refractivity contribution in [1.82, 2.24) is 10.3 Å². The number of aromatic nitrogens is 2. The first-order valence-electron chi connectivity index (χ1n) is 7.84. The van der Waals surface area contributed by atoms with Gasteiger partial charge < -0.3 is 4.74 Å². The molecule has 2 bridgehead atoms. The fraction of sp³-hybridized carbons (Fsp3) is 0.500. The van der Waals surface area contributed by atoms with Crippen molar-refractivity contribution in [2.45, 2.75) is 37.9 Å². The van der Waals surface area contributed by atoms with Crippen molar-refractivity contribution in [3.05, 3.63) is 17.2 Å². The highest BCUT2D eigenvalue weighted by atomic mass is 35.5. The van der Waals surface area contributed by atoms with Gasteiger partial charge in [-0.2, -0.15) is 0 Å². The van der Waals surface area contributed by atoms with Gasteiger partial charge in [-0.3, -0.25) is 9.59 Å². The molecular weight excluding hydrogens is 334 g/mol. The molecule has 2 aromatic rings. The molecule has 3 aliphatic heterocycles. The van der Waals surface area contributed by atoms with Crippen molar-refractivity contribution in [3.8, 4) is 0 Å². The van der Waals surface area contributed by atoms with E-state index >= 15 is 0 Å². The highest BCUT2D eigenvalue weighted by Gasteiger charge is 2.72. The van der Waals surface area contributed by atoms with Gasteiger partial charge in [0, 0.05) is 0 Å². The number of halogens is 1. The van der Waals surface area contributed by atoms with Crippen LogP contribution in [0, 0.1) is 11.8 Å². The smallest absolute Gasteiger partial charge is 0.240 e. The van der Waals surface area contributed by atoms with E-state index in [1.165, 1.54) is 4.90 Å². The Morgan fingerprint density at radius 3 is 2.29 bits per heavy atom. The predicted octanol–water partition coefficient (Wildman–Crippen LogP) is 2.32. The van der Waals surface area contributed by atoms with Gasteiger partial charge >= 0.3 is 0 Å². The summed E-state index contributed by atoms with van der Waals surface area (Å²) in [5, 5.41) is 7.94. The van der Waals surface area contributed by atoms with Gasteiger partial charge in [-0.1, -0.05) is 11.6 Å². The first-order chi connectivity index (χ1) is 11.4. The molecule has 4 atom stereocenters. The van der Waals surface area contributed by atoms with Crippen LogP contribution in [-0.4, -0.2) is 33.3 Å². The Morgan fingerprint density at radius 1 is 1.08 bits per heavy atom. The third-order valence-electron chi connectivity index (χ3n) is 5.79. The molecule has 1 aromatic carbocycles. The topological polar surface area (TPSA) is 85.5 Å². The number of rotatable bonds is 1. The Kier molecular flexibility index (Phi) is 2.48. The van der Waals surface area contributed by atoms with Crippen molar-refractivity contribution >= 4 is 40.1 Å². The van der Waals surface area contributed by atoms with Crippen LogP contribution < -0.4 is 4.90 Å². The van der Waals surface area contributed by atoms with Crippen LogP contribution in [0.1, 0.15) is 26.7 Å². The van der Waals surface area contributed by atoms with Crippen molar-refractivity contribution in [3.63, 3.8) is 0 Å². The molecule has 0 N–H and O–H groups in total. The van der Waals surface area contributed by atoms with Gasteiger partial charge in [-0.05, 0) is 49.1 Å². The molecule has 3 saturated heterocycles. The quantitative estimate of drug-likeness (QED) is 0.736. The molecular formula is C16H14ClN3O4. The lowest BCUT2D eigenvalue weighted by atomic mass is 9.69. The van der Waals surface area contributed by atoms with Crippen LogP contribution in [0.3, 0.4) is 0 Å². The number of nitrogens with zero attached hydrogens (tertiary/aromatic N) is 3. The predicted molar refractivity (Wildman–Crippen MR) is 83.4 cm³/mol. The van der Waals surface area contributed by atoms with Gasteiger partial charge in [0.2, 0.25) is 11.8 Å². The molecule has 124 valence electrons. The molecule has 4 unspecified atom stereocenters. The number of anilines is 1. The number of hydrogen-bond donors (Lipinski definition) is 0. The van der Waals surface area contributed by atoms with Crippen molar-refractivity contribution in [2.24, 2.45) is 11.8 Å². The van der Waals surface area contributed by atoms with Crippen LogP contribution in [0.2, 0.25) is 5.02 Å². The SMILES string of the molecule is CC12CCC(C)(O1)C1C(=O)N(c3ccc(Cl)c4nonc34)C(=O)C12. The summed E-state index contributed by atoms with van der Waals surface area (Å²) in [7, 11) is 0. The maximum atomic E-state index is 13.1. The summed E-state index contributed by atoms with van der Waals surface area (Å²) in [4.78, 5) is 27.4. The first-order valence-corrected chi connectivity index (χ1v) is 8.22. The minimum absolute atomic E-state index is 0.248. The summed E-state index contributed by atoms with van der Waals surface area (Å²) in [5.41, 5.74) is -0.161. The van der Waals surface area contributed by atoms with Crippen molar-refractivity contribution in [1.29, 1.82) is 0 Å². The zero-order valence-corrected chi connectivity index (χ0v) is 13.8. The van der Waals surface area contributed by atoms with E-state index in [1.807, 2.05) is 13.8 Å². The molecule has 8 heteroatoms.